The largest absolute Gasteiger partial charge is 0.361 e. The number of fused-ring (bicyclic) bond motifs is 1. The van der Waals surface area contributed by atoms with Crippen molar-refractivity contribution in [3.63, 3.8) is 0 Å². The Morgan fingerprint density at radius 1 is 1.07 bits per heavy atom. The Kier molecular flexibility index (Phi) is 5.72. The number of hydrogen-bond donors (Lipinski definition) is 3. The van der Waals surface area contributed by atoms with Gasteiger partial charge in [-0.05, 0) is 47.9 Å². The second-order valence-corrected chi connectivity index (χ2v) is 7.64. The highest BCUT2D eigenvalue weighted by Gasteiger charge is 2.34. The summed E-state index contributed by atoms with van der Waals surface area (Å²) >= 11 is 5.89. The molecule has 3 aromatic rings. The van der Waals surface area contributed by atoms with Gasteiger partial charge in [-0.2, -0.15) is 0 Å². The van der Waals surface area contributed by atoms with Crippen LogP contribution in [0.15, 0.2) is 54.7 Å². The van der Waals surface area contributed by atoms with Crippen molar-refractivity contribution in [1.29, 1.82) is 0 Å². The lowest BCUT2D eigenvalue weighted by Gasteiger charge is -2.16. The van der Waals surface area contributed by atoms with E-state index in [9.17, 15) is 14.4 Å². The normalized spacial score (nSPS) is 16.1. The van der Waals surface area contributed by atoms with Crippen LogP contribution < -0.4 is 15.5 Å². The third-order valence-corrected chi connectivity index (χ3v) is 5.41. The SMILES string of the molecule is O=C(NCCNC(=O)[C@@H]1CC(=O)N(c2ccc(Cl)cc2)C1)c1ccc2cc[nH]c2c1. The van der Waals surface area contributed by atoms with E-state index in [0.717, 1.165) is 16.6 Å². The lowest BCUT2D eigenvalue weighted by molar-refractivity contribution is -0.126. The van der Waals surface area contributed by atoms with Crippen LogP contribution in [0.4, 0.5) is 5.69 Å². The molecule has 0 radical (unpaired) electrons. The smallest absolute Gasteiger partial charge is 0.251 e. The Labute approximate surface area is 178 Å². The molecule has 1 aliphatic heterocycles. The van der Waals surface area contributed by atoms with E-state index in [1.807, 2.05) is 18.3 Å². The number of carbonyl (C=O) groups excluding carboxylic acids is 3. The van der Waals surface area contributed by atoms with E-state index in [1.165, 1.54) is 0 Å². The zero-order chi connectivity index (χ0) is 21.1. The average Bonchev–Trinajstić information content (AvgIpc) is 3.37. The maximum absolute atomic E-state index is 12.4. The minimum absolute atomic E-state index is 0.0921. The van der Waals surface area contributed by atoms with Crippen LogP contribution in [0.25, 0.3) is 10.9 Å². The van der Waals surface area contributed by atoms with Gasteiger partial charge in [0.25, 0.3) is 5.91 Å². The van der Waals surface area contributed by atoms with Crippen LogP contribution in [-0.2, 0) is 9.59 Å². The van der Waals surface area contributed by atoms with E-state index in [4.69, 9.17) is 11.6 Å². The van der Waals surface area contributed by atoms with Gasteiger partial charge in [0.05, 0.1) is 5.92 Å². The van der Waals surface area contributed by atoms with Crippen molar-refractivity contribution >= 4 is 45.9 Å². The average molecular weight is 425 g/mol. The minimum atomic E-state index is -0.417. The fourth-order valence-electron chi connectivity index (χ4n) is 3.55. The maximum atomic E-state index is 12.4. The van der Waals surface area contributed by atoms with Gasteiger partial charge in [-0.3, -0.25) is 14.4 Å². The van der Waals surface area contributed by atoms with E-state index in [0.29, 0.717) is 30.2 Å². The van der Waals surface area contributed by atoms with Crippen molar-refractivity contribution in [3.8, 4) is 0 Å². The van der Waals surface area contributed by atoms with E-state index < -0.39 is 5.92 Å². The molecule has 0 unspecified atom stereocenters. The van der Waals surface area contributed by atoms with Gasteiger partial charge in [0.2, 0.25) is 11.8 Å². The number of nitrogens with one attached hydrogen (secondary N) is 3. The number of hydrogen-bond acceptors (Lipinski definition) is 3. The van der Waals surface area contributed by atoms with E-state index in [1.54, 1.807) is 41.3 Å². The molecule has 1 aromatic heterocycles. The zero-order valence-electron chi connectivity index (χ0n) is 16.2. The summed E-state index contributed by atoms with van der Waals surface area (Å²) in [4.78, 5) is 41.7. The number of benzene rings is 2. The molecule has 2 aromatic carbocycles. The fourth-order valence-corrected chi connectivity index (χ4v) is 3.68. The fraction of sp³-hybridized carbons (Fsp3) is 0.227. The molecule has 0 aliphatic carbocycles. The van der Waals surface area contributed by atoms with E-state index in [-0.39, 0.29) is 24.1 Å². The summed E-state index contributed by atoms with van der Waals surface area (Å²) in [5, 5.41) is 7.22. The minimum Gasteiger partial charge on any atom is -0.361 e. The van der Waals surface area contributed by atoms with Crippen LogP contribution in [-0.4, -0.2) is 42.3 Å². The number of anilines is 1. The monoisotopic (exact) mass is 424 g/mol. The molecule has 1 atom stereocenters. The van der Waals surface area contributed by atoms with E-state index >= 15 is 0 Å². The second kappa shape index (κ2) is 8.59. The summed E-state index contributed by atoms with van der Waals surface area (Å²) in [6.07, 6.45) is 1.99. The highest BCUT2D eigenvalue weighted by molar-refractivity contribution is 6.30. The summed E-state index contributed by atoms with van der Waals surface area (Å²) in [5.74, 6) is -0.905. The van der Waals surface area contributed by atoms with Gasteiger partial charge in [0, 0.05) is 54.0 Å². The van der Waals surface area contributed by atoms with Crippen LogP contribution in [0, 0.1) is 5.92 Å². The first-order valence-electron chi connectivity index (χ1n) is 9.70. The van der Waals surface area contributed by atoms with Gasteiger partial charge in [-0.25, -0.2) is 0 Å². The van der Waals surface area contributed by atoms with Gasteiger partial charge in [-0.1, -0.05) is 17.7 Å². The van der Waals surface area contributed by atoms with Crippen molar-refractivity contribution < 1.29 is 14.4 Å². The lowest BCUT2D eigenvalue weighted by atomic mass is 10.1. The first-order chi connectivity index (χ1) is 14.5. The number of carbonyl (C=O) groups is 3. The molecule has 1 fully saturated rings. The Hall–Kier alpha value is -3.32. The summed E-state index contributed by atoms with van der Waals surface area (Å²) in [5.41, 5.74) is 2.18. The molecule has 3 amide bonds. The molecule has 1 aliphatic rings. The summed E-state index contributed by atoms with van der Waals surface area (Å²) in [6.45, 7) is 0.921. The highest BCUT2D eigenvalue weighted by atomic mass is 35.5. The zero-order valence-corrected chi connectivity index (χ0v) is 16.9. The summed E-state index contributed by atoms with van der Waals surface area (Å²) in [6, 6.07) is 14.3. The third-order valence-electron chi connectivity index (χ3n) is 5.16. The summed E-state index contributed by atoms with van der Waals surface area (Å²) in [7, 11) is 0. The number of aromatic nitrogens is 1. The predicted molar refractivity (Wildman–Crippen MR) is 116 cm³/mol. The predicted octanol–water partition coefficient (Wildman–Crippen LogP) is 2.72. The molecule has 1 saturated heterocycles. The molecular weight excluding hydrogens is 404 g/mol. The van der Waals surface area contributed by atoms with Gasteiger partial charge in [-0.15, -0.1) is 0 Å². The number of H-pyrrole nitrogens is 1. The third kappa shape index (κ3) is 4.31. The molecule has 0 bridgehead atoms. The Morgan fingerprint density at radius 3 is 2.63 bits per heavy atom. The molecule has 154 valence electrons. The van der Waals surface area contributed by atoms with Crippen molar-refractivity contribution in [3.05, 3.63) is 65.3 Å². The molecule has 7 nitrogen and oxygen atoms in total. The van der Waals surface area contributed by atoms with Crippen molar-refractivity contribution in [1.82, 2.24) is 15.6 Å². The van der Waals surface area contributed by atoms with E-state index in [2.05, 4.69) is 15.6 Å². The Bertz CT molecular complexity index is 1090. The molecule has 0 spiro atoms. The van der Waals surface area contributed by atoms with Crippen LogP contribution in [0.5, 0.6) is 0 Å². The Morgan fingerprint density at radius 2 is 1.83 bits per heavy atom. The van der Waals surface area contributed by atoms with Crippen LogP contribution >= 0.6 is 11.6 Å². The van der Waals surface area contributed by atoms with Crippen molar-refractivity contribution in [2.24, 2.45) is 5.92 Å². The number of nitrogens with zero attached hydrogens (tertiary/aromatic N) is 1. The topological polar surface area (TPSA) is 94.3 Å². The molecule has 2 heterocycles. The lowest BCUT2D eigenvalue weighted by Crippen LogP contribution is -2.38. The number of aromatic amines is 1. The number of amides is 3. The van der Waals surface area contributed by atoms with Crippen LogP contribution in [0.2, 0.25) is 5.02 Å². The quantitative estimate of drug-likeness (QED) is 0.531. The Balaban J connectivity index is 1.24. The first kappa shape index (κ1) is 20.0. The maximum Gasteiger partial charge on any atom is 0.251 e. The van der Waals surface area contributed by atoms with Gasteiger partial charge >= 0.3 is 0 Å². The van der Waals surface area contributed by atoms with Gasteiger partial charge in [0.15, 0.2) is 0 Å². The van der Waals surface area contributed by atoms with Gasteiger partial charge < -0.3 is 20.5 Å². The molecule has 3 N–H and O–H groups in total. The summed E-state index contributed by atoms with van der Waals surface area (Å²) < 4.78 is 0. The van der Waals surface area contributed by atoms with Crippen molar-refractivity contribution in [2.75, 3.05) is 24.5 Å². The molecule has 30 heavy (non-hydrogen) atoms. The second-order valence-electron chi connectivity index (χ2n) is 7.21. The number of rotatable bonds is 6. The van der Waals surface area contributed by atoms with Crippen LogP contribution in [0.3, 0.4) is 0 Å². The molecule has 8 heteroatoms. The molecule has 0 saturated carbocycles. The molecule has 4 rings (SSSR count). The standard InChI is InChI=1S/C22H21ClN4O3/c23-17-3-5-18(6-4-17)27-13-16(12-20(27)28)22(30)26-10-9-25-21(29)15-2-1-14-7-8-24-19(14)11-15/h1-8,11,16,24H,9-10,12-13H2,(H,25,29)(H,26,30)/t16-/m1/s1. The van der Waals surface area contributed by atoms with Crippen molar-refractivity contribution in [2.45, 2.75) is 6.42 Å². The molecular formula is C22H21ClN4O3. The highest BCUT2D eigenvalue weighted by Crippen LogP contribution is 2.26. The van der Waals surface area contributed by atoms with Gasteiger partial charge in [0.1, 0.15) is 0 Å². The first-order valence-corrected chi connectivity index (χ1v) is 10.1. The number of halogens is 1. The van der Waals surface area contributed by atoms with Crippen LogP contribution in [0.1, 0.15) is 16.8 Å².